The SMILES string of the molecule is OB(O)O.[AlH3].[La].[Y]. The molecule has 0 aromatic rings. The van der Waals surface area contributed by atoms with Crippen molar-refractivity contribution >= 4 is 24.7 Å². The summed E-state index contributed by atoms with van der Waals surface area (Å²) in [5, 5.41) is 21.5. The maximum atomic E-state index is 7.17. The van der Waals surface area contributed by atoms with Crippen molar-refractivity contribution in [3.63, 3.8) is 0 Å². The first-order valence-corrected chi connectivity index (χ1v) is 0.775. The van der Waals surface area contributed by atoms with E-state index in [4.69, 9.17) is 15.1 Å². The molecule has 0 aliphatic heterocycles. The van der Waals surface area contributed by atoms with Gasteiger partial charge in [0.1, 0.15) is 0 Å². The Labute approximate surface area is 106 Å². The molecule has 0 atom stereocenters. The Kier molecular flexibility index (Phi) is 51.3. The van der Waals surface area contributed by atoms with Crippen molar-refractivity contribution in [1.29, 1.82) is 0 Å². The normalized spacial score (nSPS) is 3.86. The summed E-state index contributed by atoms with van der Waals surface area (Å²) in [5.74, 6) is 0. The first-order chi connectivity index (χ1) is 1.73. The van der Waals surface area contributed by atoms with Crippen molar-refractivity contribution in [2.24, 2.45) is 0 Å². The molecule has 3 N–H and O–H groups in total. The molecule has 0 spiro atoms. The van der Waals surface area contributed by atoms with Gasteiger partial charge < -0.3 is 15.1 Å². The van der Waals surface area contributed by atoms with Gasteiger partial charge in [0.15, 0.2) is 17.4 Å². The zero-order chi connectivity index (χ0) is 3.58. The summed E-state index contributed by atoms with van der Waals surface area (Å²) in [7, 11) is -2.17. The van der Waals surface area contributed by atoms with E-state index in [-0.39, 0.29) is 85.7 Å². The van der Waals surface area contributed by atoms with Crippen LogP contribution in [0.1, 0.15) is 0 Å². The van der Waals surface area contributed by atoms with Crippen LogP contribution < -0.4 is 0 Å². The summed E-state index contributed by atoms with van der Waals surface area (Å²) in [5.41, 5.74) is 0. The van der Waals surface area contributed by atoms with Gasteiger partial charge in [-0.15, -0.1) is 0 Å². The number of hydrogen-bond donors (Lipinski definition) is 3. The number of hydrogen-bond acceptors (Lipinski definition) is 3. The second-order valence-corrected chi connectivity index (χ2v) is 0.346. The van der Waals surface area contributed by atoms with E-state index in [9.17, 15) is 0 Å². The van der Waals surface area contributed by atoms with Gasteiger partial charge in [-0.05, 0) is 0 Å². The van der Waals surface area contributed by atoms with Gasteiger partial charge in [-0.2, -0.15) is 0 Å². The van der Waals surface area contributed by atoms with E-state index in [0.29, 0.717) is 0 Å². The Morgan fingerprint density at radius 2 is 1.00 bits per heavy atom. The standard InChI is InChI=1S/Al.BH3O3.La.Y.3H/c;2-1(3)4;;;;;/h;2-4H;;;;;. The zero-order valence-electron chi connectivity index (χ0n) is 3.07. The third-order valence-corrected chi connectivity index (χ3v) is 0. The van der Waals surface area contributed by atoms with E-state index in [2.05, 4.69) is 0 Å². The van der Waals surface area contributed by atoms with E-state index in [1.807, 2.05) is 0 Å². The Morgan fingerprint density at radius 3 is 1.00 bits per heavy atom. The van der Waals surface area contributed by atoms with E-state index < -0.39 is 7.32 Å². The predicted molar refractivity (Wildman–Crippen MR) is 22.3 cm³/mol. The van der Waals surface area contributed by atoms with Gasteiger partial charge in [0.2, 0.25) is 0 Å². The minimum Gasteiger partial charge on any atom is -0.402 e. The minimum atomic E-state index is -2.17. The van der Waals surface area contributed by atoms with Gasteiger partial charge in [0, 0.05) is 68.3 Å². The van der Waals surface area contributed by atoms with Gasteiger partial charge >= 0.3 is 7.32 Å². The molecule has 0 amide bonds. The molecular formula is H6AlBLaO3Y. The zero-order valence-corrected chi connectivity index (χ0v) is 9.54. The van der Waals surface area contributed by atoms with Gasteiger partial charge in [0.05, 0.1) is 0 Å². The Balaban J connectivity index is -0.0000000150. The van der Waals surface area contributed by atoms with E-state index in [1.54, 1.807) is 0 Å². The molecule has 0 fully saturated rings. The van der Waals surface area contributed by atoms with Crippen LogP contribution in [0, 0.1) is 35.6 Å². The molecule has 0 unspecified atom stereocenters. The first kappa shape index (κ1) is 22.6. The molecular weight excluding hydrogens is 314 g/mol. The van der Waals surface area contributed by atoms with E-state index in [1.165, 1.54) is 0 Å². The quantitative estimate of drug-likeness (QED) is 0.411. The second kappa shape index (κ2) is 15.9. The van der Waals surface area contributed by atoms with Gasteiger partial charge in [0.25, 0.3) is 0 Å². The van der Waals surface area contributed by atoms with Gasteiger partial charge in [-0.25, -0.2) is 0 Å². The van der Waals surface area contributed by atoms with Crippen LogP contribution in [0.2, 0.25) is 0 Å². The van der Waals surface area contributed by atoms with Crippen molar-refractivity contribution in [3.8, 4) is 0 Å². The molecule has 0 aromatic carbocycles. The fourth-order valence-corrected chi connectivity index (χ4v) is 0. The van der Waals surface area contributed by atoms with Gasteiger partial charge in [-0.3, -0.25) is 0 Å². The van der Waals surface area contributed by atoms with Crippen molar-refractivity contribution in [2.75, 3.05) is 0 Å². The van der Waals surface area contributed by atoms with Crippen LogP contribution in [0.3, 0.4) is 0 Å². The van der Waals surface area contributed by atoms with Crippen LogP contribution in [0.25, 0.3) is 0 Å². The smallest absolute Gasteiger partial charge is 0.402 e. The number of rotatable bonds is 0. The molecule has 3 nitrogen and oxygen atoms in total. The van der Waals surface area contributed by atoms with E-state index in [0.717, 1.165) is 0 Å². The van der Waals surface area contributed by atoms with Crippen LogP contribution in [0.5, 0.6) is 0 Å². The molecule has 2 radical (unpaired) electrons. The monoisotopic (exact) mass is 320 g/mol. The fraction of sp³-hybridized carbons (Fsp3) is 0. The summed E-state index contributed by atoms with van der Waals surface area (Å²) in [6.07, 6.45) is 0. The first-order valence-electron chi connectivity index (χ1n) is 0.775. The summed E-state index contributed by atoms with van der Waals surface area (Å²) in [4.78, 5) is 0. The second-order valence-electron chi connectivity index (χ2n) is 0.346. The summed E-state index contributed by atoms with van der Waals surface area (Å²) in [6.45, 7) is 0. The molecule has 0 aliphatic carbocycles. The van der Waals surface area contributed by atoms with E-state index >= 15 is 0 Å². The molecule has 36 valence electrons. The summed E-state index contributed by atoms with van der Waals surface area (Å²) >= 11 is 0. The average molecular weight is 320 g/mol. The minimum absolute atomic E-state index is 0. The predicted octanol–water partition coefficient (Wildman–Crippen LogP) is -3.24. The van der Waals surface area contributed by atoms with Crippen LogP contribution >= 0.6 is 0 Å². The molecule has 0 aliphatic rings. The maximum Gasteiger partial charge on any atom is 0.631 e. The average Bonchev–Trinajstić information content (AvgIpc) is 0.811. The van der Waals surface area contributed by atoms with Crippen LogP contribution in [-0.2, 0) is 32.7 Å². The fourth-order valence-electron chi connectivity index (χ4n) is 0. The Hall–Kier alpha value is 2.78. The van der Waals surface area contributed by atoms with Crippen molar-refractivity contribution in [2.45, 2.75) is 0 Å². The third-order valence-electron chi connectivity index (χ3n) is 0. The molecule has 0 aromatic heterocycles. The third kappa shape index (κ3) is 52.3. The van der Waals surface area contributed by atoms with Crippen molar-refractivity contribution < 1.29 is 83.4 Å². The van der Waals surface area contributed by atoms with Crippen molar-refractivity contribution in [3.05, 3.63) is 0 Å². The van der Waals surface area contributed by atoms with Crippen LogP contribution in [0.15, 0.2) is 0 Å². The molecule has 0 bridgehead atoms. The topological polar surface area (TPSA) is 60.7 Å². The molecule has 0 heterocycles. The largest absolute Gasteiger partial charge is 0.631 e. The molecule has 0 saturated carbocycles. The van der Waals surface area contributed by atoms with Crippen LogP contribution in [0.4, 0.5) is 0 Å². The maximum absolute atomic E-state index is 7.17. The van der Waals surface area contributed by atoms with Gasteiger partial charge in [-0.1, -0.05) is 0 Å². The summed E-state index contributed by atoms with van der Waals surface area (Å²) in [6, 6.07) is 0. The Bertz CT molecular complexity index is 19.7. The van der Waals surface area contributed by atoms with Crippen molar-refractivity contribution in [1.82, 2.24) is 0 Å². The summed E-state index contributed by atoms with van der Waals surface area (Å²) < 4.78 is 0. The molecule has 7 heavy (non-hydrogen) atoms. The molecule has 7 heteroatoms. The molecule has 0 rings (SSSR count). The van der Waals surface area contributed by atoms with Crippen LogP contribution in [-0.4, -0.2) is 39.8 Å². The molecule has 0 saturated heterocycles. The Morgan fingerprint density at radius 1 is 1.00 bits per heavy atom.